The molecule has 23 heavy (non-hydrogen) atoms. The molecule has 0 amide bonds. The molecule has 0 aliphatic rings. The van der Waals surface area contributed by atoms with Gasteiger partial charge in [-0.2, -0.15) is 0 Å². The fourth-order valence-corrected chi connectivity index (χ4v) is 3.93. The van der Waals surface area contributed by atoms with Gasteiger partial charge >= 0.3 is 0 Å². The van der Waals surface area contributed by atoms with Crippen LogP contribution in [0.3, 0.4) is 0 Å². The van der Waals surface area contributed by atoms with Crippen molar-refractivity contribution in [3.63, 3.8) is 0 Å². The lowest BCUT2D eigenvalue weighted by Crippen LogP contribution is -1.90. The molecule has 0 fully saturated rings. The minimum absolute atomic E-state index is 0.815. The van der Waals surface area contributed by atoms with E-state index in [0.29, 0.717) is 0 Å². The van der Waals surface area contributed by atoms with Crippen molar-refractivity contribution in [3.8, 4) is 11.4 Å². The van der Waals surface area contributed by atoms with E-state index in [0.717, 1.165) is 37.8 Å². The molecule has 5 aromatic rings. The third-order valence-electron chi connectivity index (χ3n) is 4.01. The van der Waals surface area contributed by atoms with Crippen LogP contribution in [0.4, 0.5) is 0 Å². The van der Waals surface area contributed by atoms with E-state index in [4.69, 9.17) is 0 Å². The molecule has 0 unspecified atom stereocenters. The lowest BCUT2D eigenvalue weighted by atomic mass is 10.1. The molecule has 2 aromatic carbocycles. The highest BCUT2D eigenvalue weighted by atomic mass is 32.1. The molecule has 0 aliphatic carbocycles. The maximum atomic E-state index is 4.54. The first-order valence-corrected chi connectivity index (χ1v) is 8.20. The van der Waals surface area contributed by atoms with Gasteiger partial charge in [-0.3, -0.25) is 4.98 Å². The largest absolute Gasteiger partial charge is 0.254 e. The summed E-state index contributed by atoms with van der Waals surface area (Å²) in [6.07, 6.45) is 1.89. The highest BCUT2D eigenvalue weighted by molar-refractivity contribution is 7.25. The Kier molecular flexibility index (Phi) is 2.66. The van der Waals surface area contributed by atoms with Crippen LogP contribution in [0.25, 0.3) is 42.5 Å². The number of fused-ring (bicyclic) bond motifs is 4. The molecule has 0 bridgehead atoms. The van der Waals surface area contributed by atoms with Gasteiger partial charge in [-0.15, -0.1) is 21.5 Å². The lowest BCUT2D eigenvalue weighted by molar-refractivity contribution is 1.08. The third-order valence-corrected chi connectivity index (χ3v) is 5.12. The Bertz CT molecular complexity index is 1180. The summed E-state index contributed by atoms with van der Waals surface area (Å²) in [4.78, 5) is 4.54. The van der Waals surface area contributed by atoms with E-state index in [1.807, 2.05) is 24.4 Å². The summed E-state index contributed by atoms with van der Waals surface area (Å²) < 4.78 is 2.38. The number of nitrogens with zero attached hydrogens (tertiary/aromatic N) is 3. The summed E-state index contributed by atoms with van der Waals surface area (Å²) in [6, 6.07) is 20.7. The molecule has 3 nitrogen and oxygen atoms in total. The second kappa shape index (κ2) is 4.83. The smallest absolute Gasteiger partial charge is 0.113 e. The monoisotopic (exact) mass is 313 g/mol. The number of pyridine rings is 1. The summed E-state index contributed by atoms with van der Waals surface area (Å²) in [5.41, 5.74) is 2.64. The van der Waals surface area contributed by atoms with Crippen molar-refractivity contribution in [1.29, 1.82) is 0 Å². The molecule has 0 N–H and O–H groups in total. The summed E-state index contributed by atoms with van der Waals surface area (Å²) in [6.45, 7) is 0. The molecular weight excluding hydrogens is 302 g/mol. The van der Waals surface area contributed by atoms with Crippen LogP contribution in [0.2, 0.25) is 0 Å². The Morgan fingerprint density at radius 1 is 0.696 bits per heavy atom. The Labute approximate surface area is 136 Å². The average molecular weight is 313 g/mol. The zero-order valence-electron chi connectivity index (χ0n) is 12.1. The second-order valence-electron chi connectivity index (χ2n) is 5.46. The fourth-order valence-electron chi connectivity index (χ4n) is 2.86. The van der Waals surface area contributed by atoms with Gasteiger partial charge in [-0.05, 0) is 23.6 Å². The number of hydrogen-bond acceptors (Lipinski definition) is 4. The average Bonchev–Trinajstić information content (AvgIpc) is 2.99. The zero-order chi connectivity index (χ0) is 15.2. The van der Waals surface area contributed by atoms with Gasteiger partial charge in [-0.1, -0.05) is 42.5 Å². The molecule has 0 atom stereocenters. The molecule has 108 valence electrons. The maximum absolute atomic E-state index is 4.54. The van der Waals surface area contributed by atoms with Crippen molar-refractivity contribution >= 4 is 42.4 Å². The van der Waals surface area contributed by atoms with Crippen LogP contribution in [0.5, 0.6) is 0 Å². The van der Waals surface area contributed by atoms with Crippen LogP contribution >= 0.6 is 11.3 Å². The van der Waals surface area contributed by atoms with E-state index in [1.165, 1.54) is 4.70 Å². The minimum Gasteiger partial charge on any atom is -0.254 e. The lowest BCUT2D eigenvalue weighted by Gasteiger charge is -2.02. The van der Waals surface area contributed by atoms with Gasteiger partial charge in [0, 0.05) is 21.7 Å². The first-order valence-electron chi connectivity index (χ1n) is 7.39. The molecule has 0 aliphatic heterocycles. The van der Waals surface area contributed by atoms with Crippen LogP contribution in [0.15, 0.2) is 66.9 Å². The first kappa shape index (κ1) is 12.7. The Hall–Kier alpha value is -2.85. The van der Waals surface area contributed by atoms with Gasteiger partial charge in [-0.25, -0.2) is 0 Å². The quantitative estimate of drug-likeness (QED) is 0.434. The highest BCUT2D eigenvalue weighted by Crippen LogP contribution is 2.33. The number of thiophene rings is 1. The maximum Gasteiger partial charge on any atom is 0.113 e. The molecule has 0 radical (unpaired) electrons. The van der Waals surface area contributed by atoms with Crippen LogP contribution in [-0.2, 0) is 0 Å². The number of rotatable bonds is 1. The Morgan fingerprint density at radius 3 is 2.48 bits per heavy atom. The predicted molar refractivity (Wildman–Crippen MR) is 95.7 cm³/mol. The molecule has 3 heterocycles. The van der Waals surface area contributed by atoms with Crippen molar-refractivity contribution in [3.05, 3.63) is 66.9 Å². The van der Waals surface area contributed by atoms with E-state index in [1.54, 1.807) is 11.3 Å². The Morgan fingerprint density at radius 2 is 1.52 bits per heavy atom. The van der Waals surface area contributed by atoms with Gasteiger partial charge in [0.15, 0.2) is 0 Å². The highest BCUT2D eigenvalue weighted by Gasteiger charge is 2.10. The second-order valence-corrected chi connectivity index (χ2v) is 6.54. The van der Waals surface area contributed by atoms with Gasteiger partial charge in [0.1, 0.15) is 11.2 Å². The zero-order valence-corrected chi connectivity index (χ0v) is 12.9. The van der Waals surface area contributed by atoms with Gasteiger partial charge in [0.25, 0.3) is 0 Å². The molecule has 0 saturated heterocycles. The molecule has 5 rings (SSSR count). The summed E-state index contributed by atoms with van der Waals surface area (Å²) in [5.74, 6) is 0. The van der Waals surface area contributed by atoms with Crippen molar-refractivity contribution < 1.29 is 0 Å². The standard InChI is InChI=1S/C19H11N3S/c1-2-6-13-11-20-15(9-12(13)5-1)16-10-18-19(22-21-16)14-7-3-4-8-17(14)23-18/h1-11H. The fraction of sp³-hybridized carbons (Fsp3) is 0. The topological polar surface area (TPSA) is 38.7 Å². The van der Waals surface area contributed by atoms with Gasteiger partial charge < -0.3 is 0 Å². The van der Waals surface area contributed by atoms with Crippen molar-refractivity contribution in [2.24, 2.45) is 0 Å². The van der Waals surface area contributed by atoms with E-state index >= 15 is 0 Å². The third kappa shape index (κ3) is 1.99. The number of hydrogen-bond donors (Lipinski definition) is 0. The van der Waals surface area contributed by atoms with E-state index in [-0.39, 0.29) is 0 Å². The van der Waals surface area contributed by atoms with Crippen molar-refractivity contribution in [2.45, 2.75) is 0 Å². The summed E-state index contributed by atoms with van der Waals surface area (Å²) in [5, 5.41) is 12.3. The van der Waals surface area contributed by atoms with Gasteiger partial charge in [0.2, 0.25) is 0 Å². The number of aromatic nitrogens is 3. The first-order chi connectivity index (χ1) is 11.4. The van der Waals surface area contributed by atoms with Crippen molar-refractivity contribution in [2.75, 3.05) is 0 Å². The molecule has 0 saturated carbocycles. The molecule has 0 spiro atoms. The van der Waals surface area contributed by atoms with E-state index in [2.05, 4.69) is 57.6 Å². The molecule has 4 heteroatoms. The molecule has 3 aromatic heterocycles. The number of benzene rings is 2. The summed E-state index contributed by atoms with van der Waals surface area (Å²) in [7, 11) is 0. The SMILES string of the molecule is c1ccc2cc(-c3cc4sc5ccccc5c4nn3)ncc2c1. The van der Waals surface area contributed by atoms with E-state index < -0.39 is 0 Å². The van der Waals surface area contributed by atoms with Crippen LogP contribution in [0.1, 0.15) is 0 Å². The van der Waals surface area contributed by atoms with E-state index in [9.17, 15) is 0 Å². The van der Waals surface area contributed by atoms with Gasteiger partial charge in [0.05, 0.1) is 10.4 Å². The predicted octanol–water partition coefficient (Wildman–Crippen LogP) is 5.06. The molecular formula is C19H11N3S. The normalized spacial score (nSPS) is 11.5. The van der Waals surface area contributed by atoms with Crippen LogP contribution < -0.4 is 0 Å². The summed E-state index contributed by atoms with van der Waals surface area (Å²) >= 11 is 1.74. The van der Waals surface area contributed by atoms with Crippen molar-refractivity contribution in [1.82, 2.24) is 15.2 Å². The minimum atomic E-state index is 0.815. The van der Waals surface area contributed by atoms with Crippen LogP contribution in [-0.4, -0.2) is 15.2 Å². The van der Waals surface area contributed by atoms with Crippen LogP contribution in [0, 0.1) is 0 Å². The Balaban J connectivity index is 1.73.